The van der Waals surface area contributed by atoms with Gasteiger partial charge in [-0.15, -0.1) is 0 Å². The molecule has 2 N–H and O–H groups in total. The van der Waals surface area contributed by atoms with E-state index in [4.69, 9.17) is 0 Å². The first kappa shape index (κ1) is 21.1. The Kier molecular flexibility index (Phi) is 6.17. The normalized spacial score (nSPS) is 10.9. The van der Waals surface area contributed by atoms with Crippen molar-refractivity contribution < 1.29 is 22.7 Å². The van der Waals surface area contributed by atoms with Crippen LogP contribution in [0, 0.1) is 6.92 Å². The Morgan fingerprint density at radius 1 is 0.867 bits per heavy atom. The Balaban J connectivity index is 1.73. The third-order valence-electron chi connectivity index (χ3n) is 4.35. The molecule has 0 atom stereocenters. The number of rotatable bonds is 6. The van der Waals surface area contributed by atoms with E-state index in [1.807, 2.05) is 0 Å². The van der Waals surface area contributed by atoms with E-state index in [2.05, 4.69) is 14.8 Å². The fraction of sp³-hybridized carbons (Fsp3) is 0.0909. The van der Waals surface area contributed by atoms with Crippen LogP contribution in [0.1, 0.15) is 26.3 Å². The van der Waals surface area contributed by atoms with Crippen molar-refractivity contribution in [2.24, 2.45) is 0 Å². The molecule has 8 heteroatoms. The van der Waals surface area contributed by atoms with Crippen LogP contribution in [0.4, 0.5) is 11.4 Å². The lowest BCUT2D eigenvalue weighted by atomic mass is 10.1. The maximum Gasteiger partial charge on any atom is 0.337 e. The SMILES string of the molecule is COC(=O)c1ccc(NC(=O)c2ccc(NS(=O)(=O)c3ccccc3)c(C)c2)cc1. The molecular formula is C22H20N2O5S. The Morgan fingerprint density at radius 3 is 2.10 bits per heavy atom. The van der Waals surface area contributed by atoms with Crippen LogP contribution in [-0.4, -0.2) is 27.4 Å². The molecule has 3 aromatic rings. The molecule has 0 fully saturated rings. The summed E-state index contributed by atoms with van der Waals surface area (Å²) in [6, 6.07) is 19.0. The van der Waals surface area contributed by atoms with Gasteiger partial charge in [0.05, 0.1) is 23.3 Å². The molecule has 154 valence electrons. The number of sulfonamides is 1. The molecule has 7 nitrogen and oxygen atoms in total. The average Bonchev–Trinajstić information content (AvgIpc) is 2.75. The lowest BCUT2D eigenvalue weighted by Gasteiger charge is -2.12. The Labute approximate surface area is 174 Å². The van der Waals surface area contributed by atoms with E-state index in [0.717, 1.165) is 0 Å². The number of nitrogens with one attached hydrogen (secondary N) is 2. The third-order valence-corrected chi connectivity index (χ3v) is 5.73. The van der Waals surface area contributed by atoms with Crippen molar-refractivity contribution in [1.82, 2.24) is 0 Å². The van der Waals surface area contributed by atoms with Crippen LogP contribution in [0.3, 0.4) is 0 Å². The minimum absolute atomic E-state index is 0.154. The van der Waals surface area contributed by atoms with Gasteiger partial charge in [0.1, 0.15) is 0 Å². The van der Waals surface area contributed by atoms with Gasteiger partial charge in [0.15, 0.2) is 0 Å². The van der Waals surface area contributed by atoms with Crippen molar-refractivity contribution in [1.29, 1.82) is 0 Å². The van der Waals surface area contributed by atoms with Crippen LogP contribution in [-0.2, 0) is 14.8 Å². The number of ether oxygens (including phenoxy) is 1. The largest absolute Gasteiger partial charge is 0.465 e. The first-order valence-corrected chi connectivity index (χ1v) is 10.5. The molecule has 0 aliphatic rings. The van der Waals surface area contributed by atoms with Gasteiger partial charge in [-0.1, -0.05) is 18.2 Å². The van der Waals surface area contributed by atoms with Gasteiger partial charge in [-0.2, -0.15) is 0 Å². The summed E-state index contributed by atoms with van der Waals surface area (Å²) in [5, 5.41) is 2.73. The molecule has 0 aromatic heterocycles. The van der Waals surface area contributed by atoms with Gasteiger partial charge in [-0.05, 0) is 67.1 Å². The molecule has 0 bridgehead atoms. The van der Waals surface area contributed by atoms with Crippen LogP contribution in [0.5, 0.6) is 0 Å². The minimum atomic E-state index is -3.72. The molecule has 1 amide bonds. The van der Waals surface area contributed by atoms with Crippen molar-refractivity contribution in [2.75, 3.05) is 17.1 Å². The highest BCUT2D eigenvalue weighted by molar-refractivity contribution is 7.92. The van der Waals surface area contributed by atoms with Crippen molar-refractivity contribution in [3.8, 4) is 0 Å². The molecular weight excluding hydrogens is 404 g/mol. The molecule has 30 heavy (non-hydrogen) atoms. The molecule has 3 aromatic carbocycles. The summed E-state index contributed by atoms with van der Waals surface area (Å²) in [6.45, 7) is 1.71. The van der Waals surface area contributed by atoms with Gasteiger partial charge in [0.2, 0.25) is 0 Å². The predicted molar refractivity (Wildman–Crippen MR) is 114 cm³/mol. The molecule has 0 heterocycles. The highest BCUT2D eigenvalue weighted by Gasteiger charge is 2.16. The summed E-state index contributed by atoms with van der Waals surface area (Å²) >= 11 is 0. The van der Waals surface area contributed by atoms with Crippen LogP contribution in [0.25, 0.3) is 0 Å². The lowest BCUT2D eigenvalue weighted by Crippen LogP contribution is -2.15. The maximum atomic E-state index is 12.5. The average molecular weight is 424 g/mol. The number of aryl methyl sites for hydroxylation is 1. The second kappa shape index (κ2) is 8.79. The predicted octanol–water partition coefficient (Wildman–Crippen LogP) is 3.83. The van der Waals surface area contributed by atoms with E-state index >= 15 is 0 Å². The van der Waals surface area contributed by atoms with E-state index in [-0.39, 0.29) is 10.8 Å². The maximum absolute atomic E-state index is 12.5. The summed E-state index contributed by atoms with van der Waals surface area (Å²) in [5.41, 5.74) is 2.24. The van der Waals surface area contributed by atoms with Crippen LogP contribution < -0.4 is 10.0 Å². The van der Waals surface area contributed by atoms with E-state index < -0.39 is 16.0 Å². The molecule has 3 rings (SSSR count). The number of amides is 1. The van der Waals surface area contributed by atoms with E-state index in [0.29, 0.717) is 28.1 Å². The van der Waals surface area contributed by atoms with Crippen LogP contribution >= 0.6 is 0 Å². The molecule has 0 saturated heterocycles. The first-order valence-electron chi connectivity index (χ1n) is 8.98. The number of hydrogen-bond donors (Lipinski definition) is 2. The Bertz CT molecular complexity index is 1170. The molecule has 0 spiro atoms. The number of esters is 1. The zero-order valence-corrected chi connectivity index (χ0v) is 17.2. The van der Waals surface area contributed by atoms with Crippen molar-refractivity contribution >= 4 is 33.3 Å². The fourth-order valence-corrected chi connectivity index (χ4v) is 3.89. The Hall–Kier alpha value is -3.65. The van der Waals surface area contributed by atoms with Crippen LogP contribution in [0.2, 0.25) is 0 Å². The molecule has 0 radical (unpaired) electrons. The van der Waals surface area contributed by atoms with Crippen LogP contribution in [0.15, 0.2) is 77.7 Å². The van der Waals surface area contributed by atoms with E-state index in [1.165, 1.54) is 25.3 Å². The highest BCUT2D eigenvalue weighted by atomic mass is 32.2. The van der Waals surface area contributed by atoms with Gasteiger partial charge in [0.25, 0.3) is 15.9 Å². The quantitative estimate of drug-likeness (QED) is 0.586. The fourth-order valence-electron chi connectivity index (χ4n) is 2.73. The highest BCUT2D eigenvalue weighted by Crippen LogP contribution is 2.22. The zero-order chi connectivity index (χ0) is 21.7. The summed E-state index contributed by atoms with van der Waals surface area (Å²) in [5.74, 6) is -0.821. The first-order chi connectivity index (χ1) is 14.3. The summed E-state index contributed by atoms with van der Waals surface area (Å²) in [6.07, 6.45) is 0. The molecule has 0 unspecified atom stereocenters. The number of carbonyl (C=O) groups is 2. The topological polar surface area (TPSA) is 102 Å². The number of methoxy groups -OCH3 is 1. The monoisotopic (exact) mass is 424 g/mol. The zero-order valence-electron chi connectivity index (χ0n) is 16.4. The third kappa shape index (κ3) is 4.84. The smallest absolute Gasteiger partial charge is 0.337 e. The van der Waals surface area contributed by atoms with E-state index in [1.54, 1.807) is 61.5 Å². The molecule has 0 aliphatic heterocycles. The number of hydrogen-bond acceptors (Lipinski definition) is 5. The number of anilines is 2. The summed E-state index contributed by atoms with van der Waals surface area (Å²) in [4.78, 5) is 24.1. The molecule has 0 aliphatic carbocycles. The van der Waals surface area contributed by atoms with Crippen molar-refractivity contribution in [3.63, 3.8) is 0 Å². The van der Waals surface area contributed by atoms with Gasteiger partial charge in [-0.3, -0.25) is 9.52 Å². The van der Waals surface area contributed by atoms with Gasteiger partial charge in [0, 0.05) is 11.3 Å². The van der Waals surface area contributed by atoms with Crippen molar-refractivity contribution in [2.45, 2.75) is 11.8 Å². The van der Waals surface area contributed by atoms with Crippen molar-refractivity contribution in [3.05, 3.63) is 89.5 Å². The Morgan fingerprint density at radius 2 is 1.50 bits per heavy atom. The second-order valence-corrected chi connectivity index (χ2v) is 8.15. The summed E-state index contributed by atoms with van der Waals surface area (Å²) < 4.78 is 32.2. The van der Waals surface area contributed by atoms with E-state index in [9.17, 15) is 18.0 Å². The number of carbonyl (C=O) groups excluding carboxylic acids is 2. The summed E-state index contributed by atoms with van der Waals surface area (Å²) in [7, 11) is -2.42. The molecule has 0 saturated carbocycles. The standard InChI is InChI=1S/C22H20N2O5S/c1-15-14-17(21(25)23-18-11-8-16(9-12-18)22(26)29-2)10-13-20(15)24-30(27,28)19-6-4-3-5-7-19/h3-14,24H,1-2H3,(H,23,25). The minimum Gasteiger partial charge on any atom is -0.465 e. The second-order valence-electron chi connectivity index (χ2n) is 6.47. The lowest BCUT2D eigenvalue weighted by molar-refractivity contribution is 0.0600. The van der Waals surface area contributed by atoms with Gasteiger partial charge < -0.3 is 10.1 Å². The number of benzene rings is 3. The van der Waals surface area contributed by atoms with Gasteiger partial charge in [-0.25, -0.2) is 13.2 Å². The van der Waals surface area contributed by atoms with Gasteiger partial charge >= 0.3 is 5.97 Å².